The number of hydrogen-bond acceptors (Lipinski definition) is 1. The smallest absolute Gasteiger partial charge is 0.123 e. The molecule has 13 heavy (non-hydrogen) atoms. The lowest BCUT2D eigenvalue weighted by Gasteiger charge is -2.08. The average molecular weight is 264 g/mol. The quantitative estimate of drug-likeness (QED) is 0.753. The topological polar surface area (TPSA) is 9.23 Å². The molecule has 3 heteroatoms. The van der Waals surface area contributed by atoms with E-state index in [0.29, 0.717) is 0 Å². The minimum atomic E-state index is 0.792. The van der Waals surface area contributed by atoms with Crippen LogP contribution in [0.3, 0.4) is 0 Å². The normalized spacial score (nSPS) is 10.1. The molecule has 0 atom stereocenters. The SMILES string of the molecule is COc1cccc(Cl)c1CCCBr. The first-order valence-electron chi connectivity index (χ1n) is 4.17. The van der Waals surface area contributed by atoms with Crippen LogP contribution in [0.2, 0.25) is 5.02 Å². The molecule has 0 spiro atoms. The minimum Gasteiger partial charge on any atom is -0.496 e. The lowest BCUT2D eigenvalue weighted by atomic mass is 10.1. The van der Waals surface area contributed by atoms with Crippen LogP contribution in [0.5, 0.6) is 5.75 Å². The number of hydrogen-bond donors (Lipinski definition) is 0. The molecule has 0 bridgehead atoms. The Hall–Kier alpha value is -0.210. The minimum absolute atomic E-state index is 0.792. The fourth-order valence-corrected chi connectivity index (χ4v) is 1.76. The van der Waals surface area contributed by atoms with Gasteiger partial charge < -0.3 is 4.74 Å². The Balaban J connectivity index is 2.87. The van der Waals surface area contributed by atoms with Crippen molar-refractivity contribution in [2.75, 3.05) is 12.4 Å². The molecule has 1 rings (SSSR count). The third-order valence-electron chi connectivity index (χ3n) is 1.86. The second-order valence-electron chi connectivity index (χ2n) is 2.71. The van der Waals surface area contributed by atoms with E-state index in [1.165, 1.54) is 0 Å². The van der Waals surface area contributed by atoms with Crippen LogP contribution in [0.25, 0.3) is 0 Å². The molecule has 0 saturated carbocycles. The molecule has 0 radical (unpaired) electrons. The fourth-order valence-electron chi connectivity index (χ4n) is 1.22. The Bertz CT molecular complexity index is 276. The van der Waals surface area contributed by atoms with Crippen molar-refractivity contribution in [3.05, 3.63) is 28.8 Å². The van der Waals surface area contributed by atoms with Crippen LogP contribution < -0.4 is 4.74 Å². The monoisotopic (exact) mass is 262 g/mol. The van der Waals surface area contributed by atoms with Gasteiger partial charge >= 0.3 is 0 Å². The number of rotatable bonds is 4. The molecule has 0 aliphatic heterocycles. The van der Waals surface area contributed by atoms with Crippen LogP contribution in [0.1, 0.15) is 12.0 Å². The van der Waals surface area contributed by atoms with Crippen molar-refractivity contribution in [3.8, 4) is 5.75 Å². The predicted molar refractivity (Wildman–Crippen MR) is 60.1 cm³/mol. The average Bonchev–Trinajstić information content (AvgIpc) is 2.15. The summed E-state index contributed by atoms with van der Waals surface area (Å²) in [5, 5.41) is 1.78. The van der Waals surface area contributed by atoms with Crippen molar-refractivity contribution in [3.63, 3.8) is 0 Å². The van der Waals surface area contributed by atoms with Gasteiger partial charge in [-0.25, -0.2) is 0 Å². The van der Waals surface area contributed by atoms with E-state index in [-0.39, 0.29) is 0 Å². The molecule has 1 aromatic carbocycles. The van der Waals surface area contributed by atoms with Crippen molar-refractivity contribution in [2.24, 2.45) is 0 Å². The van der Waals surface area contributed by atoms with Gasteiger partial charge in [-0.15, -0.1) is 0 Å². The molecule has 0 aromatic heterocycles. The van der Waals surface area contributed by atoms with Gasteiger partial charge in [0.15, 0.2) is 0 Å². The first kappa shape index (κ1) is 10.9. The summed E-state index contributed by atoms with van der Waals surface area (Å²) < 4.78 is 5.22. The van der Waals surface area contributed by atoms with Gasteiger partial charge in [0.05, 0.1) is 7.11 Å². The molecule has 0 heterocycles. The van der Waals surface area contributed by atoms with Crippen molar-refractivity contribution in [1.82, 2.24) is 0 Å². The Morgan fingerprint density at radius 1 is 1.46 bits per heavy atom. The van der Waals surface area contributed by atoms with E-state index < -0.39 is 0 Å². The maximum absolute atomic E-state index is 6.05. The van der Waals surface area contributed by atoms with Gasteiger partial charge in [-0.05, 0) is 25.0 Å². The third kappa shape index (κ3) is 2.89. The zero-order valence-corrected chi connectivity index (χ0v) is 9.86. The molecule has 0 aliphatic carbocycles. The van der Waals surface area contributed by atoms with Gasteiger partial charge in [-0.1, -0.05) is 33.6 Å². The van der Waals surface area contributed by atoms with Crippen LogP contribution in [0.15, 0.2) is 18.2 Å². The van der Waals surface area contributed by atoms with E-state index in [0.717, 1.165) is 34.5 Å². The number of benzene rings is 1. The zero-order chi connectivity index (χ0) is 9.68. The Morgan fingerprint density at radius 2 is 2.23 bits per heavy atom. The highest BCUT2D eigenvalue weighted by Crippen LogP contribution is 2.27. The maximum atomic E-state index is 6.05. The van der Waals surface area contributed by atoms with E-state index in [2.05, 4.69) is 15.9 Å². The number of methoxy groups -OCH3 is 1. The van der Waals surface area contributed by atoms with Crippen LogP contribution in [-0.2, 0) is 6.42 Å². The number of ether oxygens (including phenoxy) is 1. The van der Waals surface area contributed by atoms with E-state index in [9.17, 15) is 0 Å². The molecular formula is C10H12BrClO. The number of halogens is 2. The van der Waals surface area contributed by atoms with Crippen LogP contribution in [0.4, 0.5) is 0 Å². The summed E-state index contributed by atoms with van der Waals surface area (Å²) in [7, 11) is 1.67. The van der Waals surface area contributed by atoms with Crippen LogP contribution >= 0.6 is 27.5 Å². The highest BCUT2D eigenvalue weighted by Gasteiger charge is 2.05. The van der Waals surface area contributed by atoms with E-state index >= 15 is 0 Å². The molecule has 1 aromatic rings. The Kier molecular flexibility index (Phi) is 4.60. The third-order valence-corrected chi connectivity index (χ3v) is 2.77. The standard InChI is InChI=1S/C10H12BrClO/c1-13-10-6-2-5-9(12)8(10)4-3-7-11/h2,5-6H,3-4,7H2,1H3. The first-order chi connectivity index (χ1) is 6.29. The van der Waals surface area contributed by atoms with Gasteiger partial charge in [0.25, 0.3) is 0 Å². The fraction of sp³-hybridized carbons (Fsp3) is 0.400. The van der Waals surface area contributed by atoms with Gasteiger partial charge in [0.2, 0.25) is 0 Å². The Labute approximate surface area is 92.2 Å². The van der Waals surface area contributed by atoms with E-state index in [1.54, 1.807) is 7.11 Å². The highest BCUT2D eigenvalue weighted by molar-refractivity contribution is 9.09. The van der Waals surface area contributed by atoms with Crippen molar-refractivity contribution in [1.29, 1.82) is 0 Å². The molecule has 0 N–H and O–H groups in total. The summed E-state index contributed by atoms with van der Waals surface area (Å²) in [6.45, 7) is 0. The second kappa shape index (κ2) is 5.51. The molecule has 1 nitrogen and oxygen atoms in total. The molecule has 0 unspecified atom stereocenters. The van der Waals surface area contributed by atoms with E-state index in [1.807, 2.05) is 18.2 Å². The summed E-state index contributed by atoms with van der Waals surface area (Å²) in [5.74, 6) is 0.883. The van der Waals surface area contributed by atoms with Crippen molar-refractivity contribution >= 4 is 27.5 Å². The summed E-state index contributed by atoms with van der Waals surface area (Å²) in [5.41, 5.74) is 1.10. The highest BCUT2D eigenvalue weighted by atomic mass is 79.9. The van der Waals surface area contributed by atoms with Gasteiger partial charge in [0.1, 0.15) is 5.75 Å². The van der Waals surface area contributed by atoms with E-state index in [4.69, 9.17) is 16.3 Å². The zero-order valence-electron chi connectivity index (χ0n) is 7.52. The summed E-state index contributed by atoms with van der Waals surface area (Å²) in [4.78, 5) is 0. The van der Waals surface area contributed by atoms with Gasteiger partial charge in [-0.3, -0.25) is 0 Å². The molecule has 0 fully saturated rings. The molecular weight excluding hydrogens is 251 g/mol. The van der Waals surface area contributed by atoms with Gasteiger partial charge in [-0.2, -0.15) is 0 Å². The summed E-state index contributed by atoms with van der Waals surface area (Å²) in [6.07, 6.45) is 2.02. The lowest BCUT2D eigenvalue weighted by Crippen LogP contribution is -1.93. The molecule has 0 saturated heterocycles. The summed E-state index contributed by atoms with van der Waals surface area (Å²) in [6, 6.07) is 5.74. The summed E-state index contributed by atoms with van der Waals surface area (Å²) >= 11 is 9.44. The van der Waals surface area contributed by atoms with Crippen molar-refractivity contribution in [2.45, 2.75) is 12.8 Å². The molecule has 72 valence electrons. The predicted octanol–water partition coefficient (Wildman–Crippen LogP) is 3.68. The van der Waals surface area contributed by atoms with Crippen LogP contribution in [0, 0.1) is 0 Å². The molecule has 0 amide bonds. The van der Waals surface area contributed by atoms with Gasteiger partial charge in [0, 0.05) is 15.9 Å². The number of alkyl halides is 1. The maximum Gasteiger partial charge on any atom is 0.123 e. The van der Waals surface area contributed by atoms with Crippen molar-refractivity contribution < 1.29 is 4.74 Å². The molecule has 0 aliphatic rings. The largest absolute Gasteiger partial charge is 0.496 e. The lowest BCUT2D eigenvalue weighted by molar-refractivity contribution is 0.409. The second-order valence-corrected chi connectivity index (χ2v) is 3.91. The first-order valence-corrected chi connectivity index (χ1v) is 5.67. The Morgan fingerprint density at radius 3 is 2.85 bits per heavy atom. The van der Waals surface area contributed by atoms with Crippen LogP contribution in [-0.4, -0.2) is 12.4 Å².